The van der Waals surface area contributed by atoms with Crippen molar-refractivity contribution in [3.05, 3.63) is 42.2 Å². The van der Waals surface area contributed by atoms with Gasteiger partial charge in [0.15, 0.2) is 0 Å². The molecule has 2 aromatic rings. The van der Waals surface area contributed by atoms with Gasteiger partial charge in [-0.15, -0.1) is 0 Å². The highest BCUT2D eigenvalue weighted by Gasteiger charge is 2.29. The number of nitrogens with one attached hydrogen (secondary N) is 3. The summed E-state index contributed by atoms with van der Waals surface area (Å²) in [4.78, 5) is 23.9. The second-order valence-electron chi connectivity index (χ2n) is 8.21. The van der Waals surface area contributed by atoms with E-state index in [-0.39, 0.29) is 17.9 Å². The number of amides is 1. The number of aliphatic imine (C=N–C) groups is 1. The van der Waals surface area contributed by atoms with Crippen LogP contribution < -0.4 is 26.6 Å². The minimum Gasteiger partial charge on any atom is -0.369 e. The Labute approximate surface area is 182 Å². The Hall–Kier alpha value is -3.33. The normalized spacial score (nSPS) is 19.2. The van der Waals surface area contributed by atoms with Gasteiger partial charge in [0.05, 0.1) is 11.9 Å². The number of aromatic nitrogens is 2. The Morgan fingerprint density at radius 1 is 1.39 bits per heavy atom. The molecule has 164 valence electrons. The first-order valence-electron chi connectivity index (χ1n) is 10.7. The molecule has 5 N–H and O–H groups in total. The van der Waals surface area contributed by atoms with Gasteiger partial charge in [-0.1, -0.05) is 26.5 Å². The molecule has 0 unspecified atom stereocenters. The zero-order valence-corrected chi connectivity index (χ0v) is 18.1. The first-order chi connectivity index (χ1) is 15.0. The number of rotatable bonds is 5. The average molecular weight is 423 g/mol. The lowest BCUT2D eigenvalue weighted by atomic mass is 10.0. The number of piperazine rings is 1. The number of hydrogen-bond acceptors (Lipinski definition) is 5. The van der Waals surface area contributed by atoms with Crippen molar-refractivity contribution < 1.29 is 4.79 Å². The Morgan fingerprint density at radius 2 is 2.16 bits per heavy atom. The number of carbonyl (C=O) groups is 1. The van der Waals surface area contributed by atoms with Gasteiger partial charge in [-0.2, -0.15) is 4.99 Å². The number of hydrogen-bond donors (Lipinski definition) is 4. The maximum Gasteiger partial charge on any atom is 0.268 e. The minimum atomic E-state index is -0.105. The largest absolute Gasteiger partial charge is 0.369 e. The van der Waals surface area contributed by atoms with E-state index in [1.807, 2.05) is 22.9 Å². The van der Waals surface area contributed by atoms with E-state index in [0.29, 0.717) is 29.8 Å². The third kappa shape index (κ3) is 4.41. The third-order valence-corrected chi connectivity index (χ3v) is 5.76. The quantitative estimate of drug-likeness (QED) is 0.431. The Kier molecular flexibility index (Phi) is 5.94. The number of nitrogens with two attached hydrogens (primary N) is 1. The van der Waals surface area contributed by atoms with Gasteiger partial charge >= 0.3 is 0 Å². The van der Waals surface area contributed by atoms with Crippen molar-refractivity contribution in [3.8, 4) is 0 Å². The van der Waals surface area contributed by atoms with Gasteiger partial charge in [0.1, 0.15) is 17.3 Å². The summed E-state index contributed by atoms with van der Waals surface area (Å²) < 4.78 is 1.91. The van der Waals surface area contributed by atoms with Crippen molar-refractivity contribution in [1.82, 2.24) is 20.2 Å². The fourth-order valence-electron chi connectivity index (χ4n) is 3.91. The summed E-state index contributed by atoms with van der Waals surface area (Å²) in [5.41, 5.74) is 8.61. The highest BCUT2D eigenvalue weighted by molar-refractivity contribution is 5.97. The topological polar surface area (TPSA) is 113 Å². The monoisotopic (exact) mass is 422 g/mol. The zero-order valence-electron chi connectivity index (χ0n) is 18.1. The van der Waals surface area contributed by atoms with Crippen LogP contribution in [0.3, 0.4) is 0 Å². The number of guanidine groups is 1. The van der Waals surface area contributed by atoms with E-state index in [1.165, 1.54) is 0 Å². The second-order valence-corrected chi connectivity index (χ2v) is 8.21. The van der Waals surface area contributed by atoms with Crippen LogP contribution in [0.25, 0.3) is 6.08 Å². The zero-order chi connectivity index (χ0) is 22.0. The van der Waals surface area contributed by atoms with E-state index in [2.05, 4.69) is 51.3 Å². The third-order valence-electron chi connectivity index (χ3n) is 5.76. The summed E-state index contributed by atoms with van der Waals surface area (Å²) in [5.74, 6) is 1.64. The van der Waals surface area contributed by atoms with Crippen LogP contribution in [0.15, 0.2) is 36.0 Å². The summed E-state index contributed by atoms with van der Waals surface area (Å²) in [6.07, 6.45) is 3.53. The first-order valence-corrected chi connectivity index (χ1v) is 10.7. The van der Waals surface area contributed by atoms with Crippen molar-refractivity contribution in [2.45, 2.75) is 26.4 Å². The fraction of sp³-hybridized carbons (Fsp3) is 0.409. The van der Waals surface area contributed by atoms with E-state index >= 15 is 0 Å². The average Bonchev–Trinajstić information content (AvgIpc) is 3.13. The summed E-state index contributed by atoms with van der Waals surface area (Å²) in [7, 11) is 0. The summed E-state index contributed by atoms with van der Waals surface area (Å²) in [6.45, 7) is 12.5. The van der Waals surface area contributed by atoms with E-state index in [1.54, 1.807) is 12.1 Å². The van der Waals surface area contributed by atoms with Gasteiger partial charge < -0.3 is 31.2 Å². The van der Waals surface area contributed by atoms with E-state index < -0.39 is 0 Å². The minimum absolute atomic E-state index is 0.0346. The van der Waals surface area contributed by atoms with Gasteiger partial charge in [-0.25, -0.2) is 4.98 Å². The van der Waals surface area contributed by atoms with E-state index in [0.717, 1.165) is 37.4 Å². The maximum atomic E-state index is 12.5. The number of nitrogens with zero attached hydrogens (tertiary/aromatic N) is 4. The van der Waals surface area contributed by atoms with Gasteiger partial charge in [0.25, 0.3) is 5.91 Å². The van der Waals surface area contributed by atoms with Crippen molar-refractivity contribution in [2.75, 3.05) is 36.4 Å². The highest BCUT2D eigenvalue weighted by atomic mass is 16.2. The molecule has 9 heteroatoms. The van der Waals surface area contributed by atoms with Crippen molar-refractivity contribution in [3.63, 3.8) is 0 Å². The SMILES string of the molecule is C=Cc1cc2n(c1/N=C(\N)Nc1ccc(N3CCNCC3)cn1)C[C@H](C(C)C)NC2=O. The van der Waals surface area contributed by atoms with Gasteiger partial charge in [0.2, 0.25) is 5.96 Å². The molecular formula is C22H30N8O. The molecule has 1 saturated heterocycles. The fourth-order valence-corrected chi connectivity index (χ4v) is 3.91. The molecule has 0 saturated carbocycles. The molecule has 31 heavy (non-hydrogen) atoms. The molecule has 0 bridgehead atoms. The summed E-state index contributed by atoms with van der Waals surface area (Å²) >= 11 is 0. The molecule has 0 aliphatic carbocycles. The van der Waals surface area contributed by atoms with E-state index in [4.69, 9.17) is 5.73 Å². The predicted octanol–water partition coefficient (Wildman–Crippen LogP) is 1.76. The summed E-state index contributed by atoms with van der Waals surface area (Å²) in [5, 5.41) is 9.45. The lowest BCUT2D eigenvalue weighted by Crippen LogP contribution is -2.46. The highest BCUT2D eigenvalue weighted by Crippen LogP contribution is 2.29. The van der Waals surface area contributed by atoms with Crippen LogP contribution in [0.1, 0.15) is 29.9 Å². The van der Waals surface area contributed by atoms with E-state index in [9.17, 15) is 4.79 Å². The van der Waals surface area contributed by atoms with Crippen LogP contribution in [0.2, 0.25) is 0 Å². The van der Waals surface area contributed by atoms with Crippen LogP contribution in [0, 0.1) is 5.92 Å². The second kappa shape index (κ2) is 8.81. The molecule has 0 aromatic carbocycles. The lowest BCUT2D eigenvalue weighted by molar-refractivity contribution is 0.0884. The molecule has 0 radical (unpaired) electrons. The molecule has 2 aliphatic heterocycles. The number of fused-ring (bicyclic) bond motifs is 1. The maximum absolute atomic E-state index is 12.5. The first kappa shape index (κ1) is 20.9. The number of carbonyl (C=O) groups excluding carboxylic acids is 1. The molecule has 2 aromatic heterocycles. The van der Waals surface area contributed by atoms with Crippen molar-refractivity contribution in [1.29, 1.82) is 0 Å². The van der Waals surface area contributed by atoms with Gasteiger partial charge in [-0.05, 0) is 24.1 Å². The Morgan fingerprint density at radius 3 is 2.81 bits per heavy atom. The standard InChI is InChI=1S/C22H30N8O/c1-4-15-11-18-21(31)26-17(14(2)3)13-30(18)20(15)28-22(23)27-19-6-5-16(12-25-19)29-9-7-24-8-10-29/h4-6,11-12,14,17,24H,1,7-10,13H2,2-3H3,(H,26,31)(H3,23,25,27,28)/t17-/m1/s1. The van der Waals surface area contributed by atoms with Crippen LogP contribution in [0.5, 0.6) is 0 Å². The van der Waals surface area contributed by atoms with Crippen LogP contribution in [-0.2, 0) is 6.54 Å². The lowest BCUT2D eigenvalue weighted by Gasteiger charge is -2.29. The summed E-state index contributed by atoms with van der Waals surface area (Å²) in [6, 6.07) is 5.75. The Balaban J connectivity index is 1.54. The van der Waals surface area contributed by atoms with Crippen LogP contribution in [-0.4, -0.2) is 53.6 Å². The molecular weight excluding hydrogens is 392 g/mol. The molecule has 1 amide bonds. The number of pyridine rings is 1. The van der Waals surface area contributed by atoms with Gasteiger partial charge in [0, 0.05) is 44.3 Å². The smallest absolute Gasteiger partial charge is 0.268 e. The molecule has 9 nitrogen and oxygen atoms in total. The molecule has 2 aliphatic rings. The molecule has 0 spiro atoms. The van der Waals surface area contributed by atoms with Crippen molar-refractivity contribution >= 4 is 35.3 Å². The number of anilines is 2. The molecule has 4 rings (SSSR count). The van der Waals surface area contributed by atoms with Crippen molar-refractivity contribution in [2.24, 2.45) is 16.6 Å². The molecule has 1 atom stereocenters. The molecule has 1 fully saturated rings. The Bertz CT molecular complexity index is 986. The molecule has 4 heterocycles. The van der Waals surface area contributed by atoms with Gasteiger partial charge in [-0.3, -0.25) is 4.79 Å². The van der Waals surface area contributed by atoms with Crippen LogP contribution in [0.4, 0.5) is 17.3 Å². The van der Waals surface area contributed by atoms with Crippen LogP contribution >= 0.6 is 0 Å². The predicted molar refractivity (Wildman–Crippen MR) is 125 cm³/mol.